The van der Waals surface area contributed by atoms with E-state index in [9.17, 15) is 8.42 Å². The lowest BCUT2D eigenvalue weighted by molar-refractivity contribution is 0.415. The van der Waals surface area contributed by atoms with Gasteiger partial charge in [-0.2, -0.15) is 0 Å². The topological polar surface area (TPSA) is 81.4 Å². The fourth-order valence-electron chi connectivity index (χ4n) is 1.11. The number of ether oxygens (including phenoxy) is 1. The molecule has 1 rings (SSSR count). The largest absolute Gasteiger partial charge is 0.495 e. The Morgan fingerprint density at radius 3 is 2.71 bits per heavy atom. The molecule has 0 aromatic heterocycles. The first kappa shape index (κ1) is 14.1. The molecular weight excluding hydrogens is 264 g/mol. The van der Waals surface area contributed by atoms with E-state index in [4.69, 9.17) is 22.1 Å². The Morgan fingerprint density at radius 1 is 1.53 bits per heavy atom. The average Bonchev–Trinajstić information content (AvgIpc) is 2.30. The second kappa shape index (κ2) is 5.57. The van der Waals surface area contributed by atoms with Gasteiger partial charge in [0.2, 0.25) is 10.0 Å². The highest BCUT2D eigenvalue weighted by Crippen LogP contribution is 2.28. The predicted molar refractivity (Wildman–Crippen MR) is 69.1 cm³/mol. The van der Waals surface area contributed by atoms with E-state index in [2.05, 4.69) is 4.72 Å². The molecule has 0 saturated heterocycles. The van der Waals surface area contributed by atoms with E-state index in [-0.39, 0.29) is 6.54 Å². The van der Waals surface area contributed by atoms with Crippen molar-refractivity contribution in [1.29, 1.82) is 0 Å². The Balaban J connectivity index is 2.96. The third-order valence-electron chi connectivity index (χ3n) is 2.27. The zero-order valence-corrected chi connectivity index (χ0v) is 11.2. The average molecular weight is 279 g/mol. The van der Waals surface area contributed by atoms with E-state index in [0.717, 1.165) is 0 Å². The molecule has 1 atom stereocenters. The number of rotatable bonds is 5. The van der Waals surface area contributed by atoms with Gasteiger partial charge in [0, 0.05) is 12.6 Å². The molecule has 1 aromatic carbocycles. The summed E-state index contributed by atoms with van der Waals surface area (Å²) in [5.74, 6) is 0.410. The third-order valence-corrected chi connectivity index (χ3v) is 4.36. The van der Waals surface area contributed by atoms with Crippen molar-refractivity contribution in [3.63, 3.8) is 0 Å². The van der Waals surface area contributed by atoms with Gasteiger partial charge in [-0.05, 0) is 19.1 Å². The lowest BCUT2D eigenvalue weighted by Crippen LogP contribution is -2.31. The molecule has 7 heteroatoms. The summed E-state index contributed by atoms with van der Waals surface area (Å²) in [6.45, 7) is 1.59. The Hall–Kier alpha value is -0.980. The zero-order valence-electron chi connectivity index (χ0n) is 9.60. The molecule has 0 saturated carbocycles. The van der Waals surface area contributed by atoms with Crippen molar-refractivity contribution >= 4 is 27.3 Å². The summed E-state index contributed by atoms with van der Waals surface area (Å²) >= 11 is 5.84. The minimum absolute atomic E-state index is 0.0556. The van der Waals surface area contributed by atoms with Crippen molar-refractivity contribution in [2.45, 2.75) is 12.2 Å². The quantitative estimate of drug-likeness (QED) is 0.854. The van der Waals surface area contributed by atoms with Gasteiger partial charge in [-0.25, -0.2) is 8.42 Å². The first-order chi connectivity index (χ1) is 7.90. The van der Waals surface area contributed by atoms with Gasteiger partial charge < -0.3 is 10.5 Å². The first-order valence-electron chi connectivity index (χ1n) is 4.96. The van der Waals surface area contributed by atoms with Crippen LogP contribution in [0.2, 0.25) is 5.02 Å². The molecule has 0 amide bonds. The van der Waals surface area contributed by atoms with Crippen LogP contribution in [0.5, 0.6) is 5.75 Å². The molecule has 0 aliphatic rings. The van der Waals surface area contributed by atoms with Gasteiger partial charge in [0.25, 0.3) is 0 Å². The molecule has 1 aromatic rings. The van der Waals surface area contributed by atoms with Crippen molar-refractivity contribution in [3.05, 3.63) is 23.2 Å². The Labute approximate surface area is 106 Å². The summed E-state index contributed by atoms with van der Waals surface area (Å²) in [6, 6.07) is 4.64. The van der Waals surface area contributed by atoms with Crippen molar-refractivity contribution < 1.29 is 13.2 Å². The third kappa shape index (κ3) is 3.49. The van der Waals surface area contributed by atoms with Crippen molar-refractivity contribution in [2.75, 3.05) is 18.4 Å². The van der Waals surface area contributed by atoms with E-state index in [1.54, 1.807) is 12.1 Å². The summed E-state index contributed by atoms with van der Waals surface area (Å²) in [5, 5.41) is -0.244. The number of hydrogen-bond donors (Lipinski definition) is 2. The summed E-state index contributed by atoms with van der Waals surface area (Å²) < 4.78 is 30.9. The van der Waals surface area contributed by atoms with Crippen LogP contribution in [0.1, 0.15) is 6.92 Å². The van der Waals surface area contributed by atoms with Gasteiger partial charge in [0.1, 0.15) is 5.75 Å². The zero-order chi connectivity index (χ0) is 13.1. The van der Waals surface area contributed by atoms with Crippen molar-refractivity contribution in [1.82, 2.24) is 0 Å². The number of nitrogens with two attached hydrogens (primary N) is 1. The maximum Gasteiger partial charge on any atom is 0.236 e. The number of sulfonamides is 1. The van der Waals surface area contributed by atoms with Crippen molar-refractivity contribution in [3.8, 4) is 5.75 Å². The van der Waals surface area contributed by atoms with Gasteiger partial charge >= 0.3 is 0 Å². The number of methoxy groups -OCH3 is 1. The number of anilines is 1. The van der Waals surface area contributed by atoms with Crippen LogP contribution in [0.15, 0.2) is 18.2 Å². The molecule has 1 unspecified atom stereocenters. The van der Waals surface area contributed by atoms with Crippen molar-refractivity contribution in [2.24, 2.45) is 5.73 Å². The van der Waals surface area contributed by atoms with Crippen LogP contribution in [-0.4, -0.2) is 27.3 Å². The van der Waals surface area contributed by atoms with Crippen LogP contribution >= 0.6 is 11.6 Å². The summed E-state index contributed by atoms with van der Waals surface area (Å²) in [5.41, 5.74) is 5.72. The second-order valence-electron chi connectivity index (χ2n) is 3.54. The monoisotopic (exact) mass is 278 g/mol. The molecule has 17 heavy (non-hydrogen) atoms. The Morgan fingerprint density at radius 2 is 2.18 bits per heavy atom. The van der Waals surface area contributed by atoms with Gasteiger partial charge in [-0.3, -0.25) is 4.72 Å². The normalized spacial score (nSPS) is 13.2. The summed E-state index contributed by atoms with van der Waals surface area (Å²) in [4.78, 5) is 0. The highest BCUT2D eigenvalue weighted by molar-refractivity contribution is 7.93. The molecule has 0 bridgehead atoms. The predicted octanol–water partition coefficient (Wildman–Crippen LogP) is 1.44. The van der Waals surface area contributed by atoms with Gasteiger partial charge in [-0.15, -0.1) is 0 Å². The molecule has 0 aliphatic carbocycles. The summed E-state index contributed by atoms with van der Waals surface area (Å²) in [7, 11) is -2.01. The fourth-order valence-corrected chi connectivity index (χ4v) is 2.22. The van der Waals surface area contributed by atoms with Crippen LogP contribution < -0.4 is 15.2 Å². The molecule has 0 fully saturated rings. The SMILES string of the molecule is COc1cc(NS(=O)(=O)C(C)CN)ccc1Cl. The molecule has 0 heterocycles. The molecule has 0 aliphatic heterocycles. The van der Waals surface area contributed by atoms with Gasteiger partial charge in [0.15, 0.2) is 0 Å². The van der Waals surface area contributed by atoms with E-state index >= 15 is 0 Å². The van der Waals surface area contributed by atoms with Gasteiger partial charge in [-0.1, -0.05) is 11.6 Å². The second-order valence-corrected chi connectivity index (χ2v) is 6.05. The number of benzene rings is 1. The minimum Gasteiger partial charge on any atom is -0.495 e. The lowest BCUT2D eigenvalue weighted by Gasteiger charge is -2.13. The molecule has 3 N–H and O–H groups in total. The minimum atomic E-state index is -3.47. The maximum absolute atomic E-state index is 11.8. The number of hydrogen-bond acceptors (Lipinski definition) is 4. The molecule has 96 valence electrons. The van der Waals surface area contributed by atoms with E-state index < -0.39 is 15.3 Å². The fraction of sp³-hybridized carbons (Fsp3) is 0.400. The van der Waals surface area contributed by atoms with Crippen LogP contribution in [0.3, 0.4) is 0 Å². The molecule has 0 spiro atoms. The van der Waals surface area contributed by atoms with Gasteiger partial charge in [0.05, 0.1) is 23.1 Å². The van der Waals surface area contributed by atoms with E-state index in [1.807, 2.05) is 0 Å². The lowest BCUT2D eigenvalue weighted by atomic mass is 10.3. The van der Waals surface area contributed by atoms with E-state index in [1.165, 1.54) is 20.1 Å². The highest BCUT2D eigenvalue weighted by atomic mass is 35.5. The molecule has 5 nitrogen and oxygen atoms in total. The van der Waals surface area contributed by atoms with Crippen LogP contribution in [0, 0.1) is 0 Å². The number of nitrogens with one attached hydrogen (secondary N) is 1. The first-order valence-corrected chi connectivity index (χ1v) is 6.88. The Bertz CT molecular complexity index is 490. The smallest absolute Gasteiger partial charge is 0.236 e. The molecule has 0 radical (unpaired) electrons. The van der Waals surface area contributed by atoms with Crippen LogP contribution in [-0.2, 0) is 10.0 Å². The van der Waals surface area contributed by atoms with E-state index in [0.29, 0.717) is 16.5 Å². The summed E-state index contributed by atoms with van der Waals surface area (Å²) in [6.07, 6.45) is 0. The van der Waals surface area contributed by atoms with Crippen LogP contribution in [0.4, 0.5) is 5.69 Å². The Kier molecular flexibility index (Phi) is 4.62. The molecular formula is C10H15ClN2O3S. The standard InChI is InChI=1S/C10H15ClN2O3S/c1-7(6-12)17(14,15)13-8-3-4-9(11)10(5-8)16-2/h3-5,7,13H,6,12H2,1-2H3. The number of halogens is 1. The maximum atomic E-state index is 11.8. The van der Waals surface area contributed by atoms with Crippen LogP contribution in [0.25, 0.3) is 0 Å². The highest BCUT2D eigenvalue weighted by Gasteiger charge is 2.19.